The van der Waals surface area contributed by atoms with Gasteiger partial charge in [0, 0.05) is 20.5 Å². The molecule has 0 aliphatic carbocycles. The summed E-state index contributed by atoms with van der Waals surface area (Å²) in [4.78, 5) is 36.5. The number of esters is 3. The predicted molar refractivity (Wildman–Crippen MR) is 170 cm³/mol. The highest BCUT2D eigenvalue weighted by Crippen LogP contribution is 2.24. The molecule has 0 radical (unpaired) electrons. The van der Waals surface area contributed by atoms with Crippen molar-refractivity contribution in [2.24, 2.45) is 29.1 Å². The molecule has 3 atom stereocenters. The standard InChI is InChI=1S/C35H66O7/c1-27(2)15-13-17-29(5)20-22-32(23-21-30(6)18-14-16-28(3)4)42-33(37)19-11-10-12-24-40-34(38)35(8,25-39-9)26-41-31(7)36/h27-30,32H,10-26H2,1-9H3. The van der Waals surface area contributed by atoms with Gasteiger partial charge in [0.05, 0.1) is 13.2 Å². The van der Waals surface area contributed by atoms with Crippen molar-refractivity contribution in [2.45, 2.75) is 151 Å². The third kappa shape index (κ3) is 22.0. The Labute approximate surface area is 258 Å². The van der Waals surface area contributed by atoms with Crippen LogP contribution in [0.4, 0.5) is 0 Å². The molecular formula is C35H66O7. The van der Waals surface area contributed by atoms with Crippen LogP contribution in [0.25, 0.3) is 0 Å². The number of rotatable bonds is 26. The molecule has 0 heterocycles. The first kappa shape index (κ1) is 40.4. The molecule has 0 aliphatic rings. The van der Waals surface area contributed by atoms with Crippen molar-refractivity contribution < 1.29 is 33.3 Å². The highest BCUT2D eigenvalue weighted by atomic mass is 16.6. The fourth-order valence-corrected chi connectivity index (χ4v) is 5.11. The molecule has 0 aromatic carbocycles. The molecule has 0 aromatic rings. The van der Waals surface area contributed by atoms with E-state index < -0.39 is 17.4 Å². The third-order valence-corrected chi connectivity index (χ3v) is 8.03. The van der Waals surface area contributed by atoms with Gasteiger partial charge in [0.1, 0.15) is 18.1 Å². The van der Waals surface area contributed by atoms with Gasteiger partial charge in [0.25, 0.3) is 0 Å². The summed E-state index contributed by atoms with van der Waals surface area (Å²) < 4.78 is 21.6. The Morgan fingerprint density at radius 2 is 1.19 bits per heavy atom. The molecule has 0 amide bonds. The summed E-state index contributed by atoms with van der Waals surface area (Å²) in [5.41, 5.74) is -1.04. The van der Waals surface area contributed by atoms with Gasteiger partial charge in [-0.05, 0) is 75.5 Å². The molecule has 0 spiro atoms. The van der Waals surface area contributed by atoms with Gasteiger partial charge in [0.15, 0.2) is 0 Å². The zero-order valence-corrected chi connectivity index (χ0v) is 28.8. The lowest BCUT2D eigenvalue weighted by molar-refractivity contribution is -0.166. The van der Waals surface area contributed by atoms with Crippen molar-refractivity contribution in [3.05, 3.63) is 0 Å². The van der Waals surface area contributed by atoms with E-state index in [4.69, 9.17) is 18.9 Å². The maximum atomic E-state index is 12.7. The summed E-state index contributed by atoms with van der Waals surface area (Å²) in [5.74, 6) is 1.77. The summed E-state index contributed by atoms with van der Waals surface area (Å²) in [7, 11) is 1.49. The first-order valence-electron chi connectivity index (χ1n) is 16.8. The minimum atomic E-state index is -1.04. The lowest BCUT2D eigenvalue weighted by Crippen LogP contribution is -2.39. The number of unbranched alkanes of at least 4 members (excludes halogenated alkanes) is 2. The molecule has 0 aromatic heterocycles. The quantitative estimate of drug-likeness (QED) is 0.0559. The van der Waals surface area contributed by atoms with Crippen LogP contribution in [0.2, 0.25) is 0 Å². The Kier molecular flexibility index (Phi) is 22.9. The van der Waals surface area contributed by atoms with Crippen molar-refractivity contribution in [2.75, 3.05) is 26.9 Å². The van der Waals surface area contributed by atoms with Gasteiger partial charge in [-0.3, -0.25) is 14.4 Å². The van der Waals surface area contributed by atoms with Crippen LogP contribution in [0.5, 0.6) is 0 Å². The summed E-state index contributed by atoms with van der Waals surface area (Å²) >= 11 is 0. The Morgan fingerprint density at radius 1 is 0.643 bits per heavy atom. The fraction of sp³-hybridized carbons (Fsp3) is 0.914. The van der Waals surface area contributed by atoms with E-state index >= 15 is 0 Å². The van der Waals surface area contributed by atoms with E-state index in [1.165, 1.54) is 52.6 Å². The highest BCUT2D eigenvalue weighted by molar-refractivity contribution is 5.77. The van der Waals surface area contributed by atoms with Gasteiger partial charge in [-0.1, -0.05) is 80.1 Å². The van der Waals surface area contributed by atoms with Crippen molar-refractivity contribution >= 4 is 17.9 Å². The zero-order chi connectivity index (χ0) is 32.0. The van der Waals surface area contributed by atoms with Gasteiger partial charge in [-0.2, -0.15) is 0 Å². The second kappa shape index (κ2) is 23.8. The van der Waals surface area contributed by atoms with Gasteiger partial charge in [-0.25, -0.2) is 0 Å². The number of hydrogen-bond acceptors (Lipinski definition) is 7. The molecule has 3 unspecified atom stereocenters. The number of hydrogen-bond donors (Lipinski definition) is 0. The molecule has 0 N–H and O–H groups in total. The topological polar surface area (TPSA) is 88.1 Å². The third-order valence-electron chi connectivity index (χ3n) is 8.03. The molecule has 0 saturated carbocycles. The molecule has 7 heteroatoms. The second-order valence-corrected chi connectivity index (χ2v) is 13.8. The van der Waals surface area contributed by atoms with E-state index in [0.717, 1.165) is 43.9 Å². The largest absolute Gasteiger partial charge is 0.465 e. The fourth-order valence-electron chi connectivity index (χ4n) is 5.11. The predicted octanol–water partition coefficient (Wildman–Crippen LogP) is 8.70. The first-order valence-corrected chi connectivity index (χ1v) is 16.8. The van der Waals surface area contributed by atoms with Crippen molar-refractivity contribution in [1.29, 1.82) is 0 Å². The van der Waals surface area contributed by atoms with Gasteiger partial charge >= 0.3 is 17.9 Å². The summed E-state index contributed by atoms with van der Waals surface area (Å²) in [6.07, 6.45) is 14.1. The summed E-state index contributed by atoms with van der Waals surface area (Å²) in [6.45, 7) is 17.0. The summed E-state index contributed by atoms with van der Waals surface area (Å²) in [5, 5.41) is 0. The van der Waals surface area contributed by atoms with Crippen LogP contribution in [0.3, 0.4) is 0 Å². The van der Waals surface area contributed by atoms with Crippen LogP contribution in [0.15, 0.2) is 0 Å². The number of carbonyl (C=O) groups is 3. The molecule has 0 bridgehead atoms. The van der Waals surface area contributed by atoms with Crippen LogP contribution in [0.1, 0.15) is 145 Å². The molecular weight excluding hydrogens is 532 g/mol. The molecule has 0 saturated heterocycles. The van der Waals surface area contributed by atoms with Crippen LogP contribution in [-0.2, 0) is 33.3 Å². The minimum Gasteiger partial charge on any atom is -0.465 e. The van der Waals surface area contributed by atoms with E-state index in [1.807, 2.05) is 0 Å². The molecule has 248 valence electrons. The Balaban J connectivity index is 4.60. The highest BCUT2D eigenvalue weighted by Gasteiger charge is 2.36. The molecule has 0 fully saturated rings. The molecule has 7 nitrogen and oxygen atoms in total. The monoisotopic (exact) mass is 598 g/mol. The molecule has 0 aliphatic heterocycles. The van der Waals surface area contributed by atoms with E-state index in [1.54, 1.807) is 6.92 Å². The van der Waals surface area contributed by atoms with Crippen LogP contribution < -0.4 is 0 Å². The maximum Gasteiger partial charge on any atom is 0.317 e. The van der Waals surface area contributed by atoms with E-state index in [0.29, 0.717) is 31.1 Å². The van der Waals surface area contributed by atoms with Crippen molar-refractivity contribution in [3.63, 3.8) is 0 Å². The van der Waals surface area contributed by atoms with Gasteiger partial charge in [-0.15, -0.1) is 0 Å². The molecule has 42 heavy (non-hydrogen) atoms. The van der Waals surface area contributed by atoms with Gasteiger partial charge in [0.2, 0.25) is 0 Å². The van der Waals surface area contributed by atoms with Crippen LogP contribution in [-0.4, -0.2) is 50.9 Å². The lowest BCUT2D eigenvalue weighted by Gasteiger charge is -2.25. The van der Waals surface area contributed by atoms with Crippen molar-refractivity contribution in [1.82, 2.24) is 0 Å². The average molecular weight is 599 g/mol. The smallest absolute Gasteiger partial charge is 0.317 e. The van der Waals surface area contributed by atoms with E-state index in [-0.39, 0.29) is 31.9 Å². The van der Waals surface area contributed by atoms with Crippen molar-refractivity contribution in [3.8, 4) is 0 Å². The number of ether oxygens (including phenoxy) is 4. The Bertz CT molecular complexity index is 696. The van der Waals surface area contributed by atoms with Gasteiger partial charge < -0.3 is 18.9 Å². The average Bonchev–Trinajstić information content (AvgIpc) is 2.90. The maximum absolute atomic E-state index is 12.7. The van der Waals surface area contributed by atoms with Crippen LogP contribution in [0, 0.1) is 29.1 Å². The van der Waals surface area contributed by atoms with E-state index in [2.05, 4.69) is 41.5 Å². The van der Waals surface area contributed by atoms with E-state index in [9.17, 15) is 14.4 Å². The Morgan fingerprint density at radius 3 is 1.67 bits per heavy atom. The number of methoxy groups -OCH3 is 1. The molecule has 0 rings (SSSR count). The van der Waals surface area contributed by atoms with Crippen LogP contribution >= 0.6 is 0 Å². The second-order valence-electron chi connectivity index (χ2n) is 13.8. The zero-order valence-electron chi connectivity index (χ0n) is 28.8. The lowest BCUT2D eigenvalue weighted by atomic mass is 9.91. The first-order chi connectivity index (χ1) is 19.8. The Hall–Kier alpha value is -1.63. The normalized spacial score (nSPS) is 15.2. The number of carbonyl (C=O) groups excluding carboxylic acids is 3. The SMILES string of the molecule is COCC(C)(COC(C)=O)C(=O)OCCCCCC(=O)OC(CCC(C)CCCC(C)C)CCC(C)CCCC(C)C. The summed E-state index contributed by atoms with van der Waals surface area (Å²) in [6, 6.07) is 0. The minimum absolute atomic E-state index is 0.00534.